The lowest BCUT2D eigenvalue weighted by molar-refractivity contribution is -0.127. The predicted octanol–water partition coefficient (Wildman–Crippen LogP) is 1.59. The highest BCUT2D eigenvalue weighted by atomic mass is 16.5. The smallest absolute Gasteiger partial charge is 0.255 e. The van der Waals surface area contributed by atoms with Crippen molar-refractivity contribution in [3.8, 4) is 5.75 Å². The maximum absolute atomic E-state index is 12.1. The molecule has 24 heavy (non-hydrogen) atoms. The number of hydrogen-bond acceptors (Lipinski definition) is 4. The van der Waals surface area contributed by atoms with E-state index in [1.54, 1.807) is 36.2 Å². The van der Waals surface area contributed by atoms with E-state index in [0.29, 0.717) is 12.3 Å². The molecule has 0 aliphatic carbocycles. The minimum atomic E-state index is -0.519. The number of rotatable bonds is 7. The van der Waals surface area contributed by atoms with Crippen LogP contribution in [0.4, 0.5) is 0 Å². The highest BCUT2D eigenvalue weighted by molar-refractivity contribution is 5.91. The van der Waals surface area contributed by atoms with Crippen LogP contribution in [0, 0.1) is 0 Å². The van der Waals surface area contributed by atoms with E-state index in [2.05, 4.69) is 0 Å². The van der Waals surface area contributed by atoms with Crippen LogP contribution in [0.2, 0.25) is 0 Å². The molecule has 0 radical (unpaired) electrons. The van der Waals surface area contributed by atoms with Crippen molar-refractivity contribution in [2.24, 2.45) is 5.73 Å². The third-order valence-electron chi connectivity index (χ3n) is 3.81. The predicted molar refractivity (Wildman–Crippen MR) is 91.4 cm³/mol. The molecule has 1 heterocycles. The van der Waals surface area contributed by atoms with Gasteiger partial charge in [-0.3, -0.25) is 9.59 Å². The highest BCUT2D eigenvalue weighted by Crippen LogP contribution is 2.15. The van der Waals surface area contributed by atoms with Crippen LogP contribution >= 0.6 is 0 Å². The first-order valence-corrected chi connectivity index (χ1v) is 8.10. The van der Waals surface area contributed by atoms with Gasteiger partial charge in [0, 0.05) is 26.3 Å². The Kier molecular flexibility index (Phi) is 6.81. The van der Waals surface area contributed by atoms with Crippen LogP contribution in [-0.2, 0) is 14.3 Å². The molecular weight excluding hydrogens is 308 g/mol. The van der Waals surface area contributed by atoms with Gasteiger partial charge in [-0.25, -0.2) is 0 Å². The number of carbonyl (C=O) groups excluding carboxylic acids is 2. The number of hydrogen-bond donors (Lipinski definition) is 1. The van der Waals surface area contributed by atoms with Crippen LogP contribution in [0.1, 0.15) is 24.8 Å². The highest BCUT2D eigenvalue weighted by Gasteiger charge is 2.17. The fourth-order valence-corrected chi connectivity index (χ4v) is 2.47. The fraction of sp³-hybridized carbons (Fsp3) is 0.444. The van der Waals surface area contributed by atoms with Gasteiger partial charge in [0.1, 0.15) is 5.75 Å². The fourth-order valence-electron chi connectivity index (χ4n) is 2.47. The monoisotopic (exact) mass is 332 g/mol. The standard InChI is InChI=1S/C18H24N2O4/c1-20(12-16-4-2-3-11-23-16)18(22)10-7-14-5-8-15(9-6-14)24-13-17(19)21/h5-10,16H,2-4,11-13H2,1H3,(H2,19,21)/b10-7+/t16-/m1/s1. The first-order valence-electron chi connectivity index (χ1n) is 8.10. The van der Waals surface area contributed by atoms with E-state index < -0.39 is 5.91 Å². The second-order valence-corrected chi connectivity index (χ2v) is 5.86. The third kappa shape index (κ3) is 6.04. The maximum Gasteiger partial charge on any atom is 0.255 e. The second-order valence-electron chi connectivity index (χ2n) is 5.86. The lowest BCUT2D eigenvalue weighted by Gasteiger charge is -2.26. The van der Waals surface area contributed by atoms with E-state index >= 15 is 0 Å². The van der Waals surface area contributed by atoms with Gasteiger partial charge in [-0.2, -0.15) is 0 Å². The Morgan fingerprint density at radius 2 is 2.08 bits per heavy atom. The molecule has 130 valence electrons. The summed E-state index contributed by atoms with van der Waals surface area (Å²) >= 11 is 0. The lowest BCUT2D eigenvalue weighted by atomic mass is 10.1. The summed E-state index contributed by atoms with van der Waals surface area (Å²) in [5.41, 5.74) is 5.89. The molecule has 2 amide bonds. The van der Waals surface area contributed by atoms with E-state index in [4.69, 9.17) is 15.2 Å². The number of amides is 2. The molecule has 1 aromatic carbocycles. The number of ether oxygens (including phenoxy) is 2. The first kappa shape index (κ1) is 18.0. The molecule has 6 nitrogen and oxygen atoms in total. The van der Waals surface area contributed by atoms with E-state index in [-0.39, 0.29) is 18.6 Å². The molecule has 0 unspecified atom stereocenters. The number of benzene rings is 1. The van der Waals surface area contributed by atoms with Crippen molar-refractivity contribution in [3.63, 3.8) is 0 Å². The Morgan fingerprint density at radius 3 is 2.71 bits per heavy atom. The maximum atomic E-state index is 12.1. The zero-order chi connectivity index (χ0) is 17.4. The summed E-state index contributed by atoms with van der Waals surface area (Å²) in [4.78, 5) is 24.5. The number of nitrogens with zero attached hydrogens (tertiary/aromatic N) is 1. The minimum Gasteiger partial charge on any atom is -0.484 e. The van der Waals surface area contributed by atoms with Gasteiger partial charge in [-0.05, 0) is 43.0 Å². The molecule has 1 aliphatic heterocycles. The number of nitrogens with two attached hydrogens (primary N) is 1. The minimum absolute atomic E-state index is 0.0572. The van der Waals surface area contributed by atoms with Gasteiger partial charge < -0.3 is 20.1 Å². The molecule has 1 aromatic rings. The molecule has 1 aliphatic rings. The van der Waals surface area contributed by atoms with Crippen molar-refractivity contribution in [1.29, 1.82) is 0 Å². The average molecular weight is 332 g/mol. The summed E-state index contributed by atoms with van der Waals surface area (Å²) in [5, 5.41) is 0. The molecule has 0 spiro atoms. The molecule has 1 saturated heterocycles. The van der Waals surface area contributed by atoms with Crippen molar-refractivity contribution in [2.75, 3.05) is 26.8 Å². The molecule has 1 atom stereocenters. The molecule has 0 aromatic heterocycles. The zero-order valence-corrected chi connectivity index (χ0v) is 13.9. The lowest BCUT2D eigenvalue weighted by Crippen LogP contribution is -2.36. The van der Waals surface area contributed by atoms with Gasteiger partial charge in [-0.1, -0.05) is 12.1 Å². The van der Waals surface area contributed by atoms with E-state index in [1.807, 2.05) is 12.1 Å². The van der Waals surface area contributed by atoms with Gasteiger partial charge in [0.25, 0.3) is 5.91 Å². The Balaban J connectivity index is 1.82. The summed E-state index contributed by atoms with van der Waals surface area (Å²) < 4.78 is 10.8. The summed E-state index contributed by atoms with van der Waals surface area (Å²) in [6, 6.07) is 7.08. The Hall–Kier alpha value is -2.34. The van der Waals surface area contributed by atoms with Crippen LogP contribution in [0.15, 0.2) is 30.3 Å². The van der Waals surface area contributed by atoms with Crippen molar-refractivity contribution in [1.82, 2.24) is 4.90 Å². The second kappa shape index (κ2) is 9.08. The van der Waals surface area contributed by atoms with E-state index in [1.165, 1.54) is 0 Å². The normalized spacial score (nSPS) is 17.6. The van der Waals surface area contributed by atoms with Crippen LogP contribution in [-0.4, -0.2) is 49.6 Å². The topological polar surface area (TPSA) is 81.9 Å². The molecule has 6 heteroatoms. The van der Waals surface area contributed by atoms with E-state index in [0.717, 1.165) is 31.4 Å². The van der Waals surface area contributed by atoms with Crippen molar-refractivity contribution >= 4 is 17.9 Å². The van der Waals surface area contributed by atoms with Crippen LogP contribution in [0.3, 0.4) is 0 Å². The quantitative estimate of drug-likeness (QED) is 0.769. The summed E-state index contributed by atoms with van der Waals surface area (Å²) in [6.07, 6.45) is 6.71. The van der Waals surface area contributed by atoms with Crippen molar-refractivity contribution < 1.29 is 19.1 Å². The SMILES string of the molecule is CN(C[C@H]1CCCCO1)C(=O)/C=C/c1ccc(OCC(N)=O)cc1. The first-order chi connectivity index (χ1) is 11.5. The van der Waals surface area contributed by atoms with E-state index in [9.17, 15) is 9.59 Å². The molecule has 2 N–H and O–H groups in total. The summed E-state index contributed by atoms with van der Waals surface area (Å²) in [6.45, 7) is 1.25. The van der Waals surface area contributed by atoms with Gasteiger partial charge >= 0.3 is 0 Å². The Bertz CT molecular complexity index is 577. The number of likely N-dealkylation sites (N-methyl/N-ethyl adjacent to an activating group) is 1. The van der Waals surface area contributed by atoms with Gasteiger partial charge in [0.2, 0.25) is 5.91 Å². The molecule has 0 saturated carbocycles. The van der Waals surface area contributed by atoms with Crippen LogP contribution in [0.5, 0.6) is 5.75 Å². The Labute approximate surface area is 142 Å². The zero-order valence-electron chi connectivity index (χ0n) is 13.9. The molecule has 2 rings (SSSR count). The third-order valence-corrected chi connectivity index (χ3v) is 3.81. The summed E-state index contributed by atoms with van der Waals surface area (Å²) in [5.74, 6) is -0.0170. The van der Waals surface area contributed by atoms with Gasteiger partial charge in [-0.15, -0.1) is 0 Å². The molecule has 1 fully saturated rings. The average Bonchev–Trinajstić information content (AvgIpc) is 2.59. The van der Waals surface area contributed by atoms with Crippen molar-refractivity contribution in [2.45, 2.75) is 25.4 Å². The van der Waals surface area contributed by atoms with Crippen LogP contribution in [0.25, 0.3) is 6.08 Å². The Morgan fingerprint density at radius 1 is 1.33 bits per heavy atom. The summed E-state index contributed by atoms with van der Waals surface area (Å²) in [7, 11) is 1.78. The van der Waals surface area contributed by atoms with Gasteiger partial charge in [0.05, 0.1) is 6.10 Å². The number of primary amides is 1. The van der Waals surface area contributed by atoms with Crippen molar-refractivity contribution in [3.05, 3.63) is 35.9 Å². The molecular formula is C18H24N2O4. The van der Waals surface area contributed by atoms with Gasteiger partial charge in [0.15, 0.2) is 6.61 Å². The van der Waals surface area contributed by atoms with Crippen LogP contribution < -0.4 is 10.5 Å². The molecule has 0 bridgehead atoms. The largest absolute Gasteiger partial charge is 0.484 e. The number of carbonyl (C=O) groups is 2.